The van der Waals surface area contributed by atoms with Crippen LogP contribution in [-0.4, -0.2) is 31.8 Å². The van der Waals surface area contributed by atoms with E-state index >= 15 is 0 Å². The van der Waals surface area contributed by atoms with Gasteiger partial charge in [-0.25, -0.2) is 0 Å². The fraction of sp³-hybridized carbons (Fsp3) is 0.444. The average Bonchev–Trinajstić information content (AvgIpc) is 2.85. The molecule has 0 amide bonds. The van der Waals surface area contributed by atoms with Crippen molar-refractivity contribution in [1.82, 2.24) is 30.1 Å². The lowest BCUT2D eigenvalue weighted by atomic mass is 10.5. The smallest absolute Gasteiger partial charge is 0.0964 e. The first-order valence-electron chi connectivity index (χ1n) is 4.99. The lowest BCUT2D eigenvalue weighted by molar-refractivity contribution is 0.489. The molecule has 16 heavy (non-hydrogen) atoms. The summed E-state index contributed by atoms with van der Waals surface area (Å²) < 4.78 is 4.67. The molecule has 0 radical (unpaired) electrons. The number of hydrogen-bond acceptors (Lipinski definition) is 4. The fourth-order valence-corrected chi connectivity index (χ4v) is 1.70. The van der Waals surface area contributed by atoms with Gasteiger partial charge in [-0.05, 0) is 23.0 Å². The first-order valence-corrected chi connectivity index (χ1v) is 5.79. The van der Waals surface area contributed by atoms with Gasteiger partial charge in [0, 0.05) is 18.9 Å². The van der Waals surface area contributed by atoms with Crippen molar-refractivity contribution in [3.63, 3.8) is 0 Å². The van der Waals surface area contributed by atoms with Crippen LogP contribution in [0.3, 0.4) is 0 Å². The average molecular weight is 285 g/mol. The standard InChI is InChI=1S/C9H13BrN6/c1-11-5-9-7-16(14-13-9)3-2-15-6-8(10)4-12-15/h4,6-7,11H,2-3,5H2,1H3. The molecule has 0 unspecified atom stereocenters. The molecule has 86 valence electrons. The van der Waals surface area contributed by atoms with Crippen LogP contribution in [0.1, 0.15) is 5.69 Å². The number of halogens is 1. The molecule has 0 spiro atoms. The van der Waals surface area contributed by atoms with Crippen molar-refractivity contribution in [3.8, 4) is 0 Å². The number of nitrogens with one attached hydrogen (secondary N) is 1. The van der Waals surface area contributed by atoms with Gasteiger partial charge in [0.2, 0.25) is 0 Å². The van der Waals surface area contributed by atoms with Crippen LogP contribution in [0.4, 0.5) is 0 Å². The predicted molar refractivity (Wildman–Crippen MR) is 62.7 cm³/mol. The zero-order valence-corrected chi connectivity index (χ0v) is 10.6. The van der Waals surface area contributed by atoms with Crippen LogP contribution in [0.15, 0.2) is 23.1 Å². The molecule has 0 aromatic carbocycles. The lowest BCUT2D eigenvalue weighted by Gasteiger charge is -2.00. The first-order chi connectivity index (χ1) is 7.78. The van der Waals surface area contributed by atoms with Gasteiger partial charge in [-0.15, -0.1) is 5.10 Å². The molecular formula is C9H13BrN6. The number of nitrogens with zero attached hydrogens (tertiary/aromatic N) is 5. The van der Waals surface area contributed by atoms with Crippen LogP contribution in [0, 0.1) is 0 Å². The van der Waals surface area contributed by atoms with E-state index in [1.807, 2.05) is 28.8 Å². The van der Waals surface area contributed by atoms with Gasteiger partial charge in [-0.2, -0.15) is 5.10 Å². The third-order valence-electron chi connectivity index (χ3n) is 2.10. The summed E-state index contributed by atoms with van der Waals surface area (Å²) in [5, 5.41) is 15.3. The molecule has 0 saturated carbocycles. The van der Waals surface area contributed by atoms with E-state index in [2.05, 4.69) is 36.7 Å². The Balaban J connectivity index is 1.89. The summed E-state index contributed by atoms with van der Waals surface area (Å²) in [6, 6.07) is 0. The summed E-state index contributed by atoms with van der Waals surface area (Å²) in [5.41, 5.74) is 0.948. The molecule has 2 aromatic heterocycles. The van der Waals surface area contributed by atoms with Gasteiger partial charge in [0.15, 0.2) is 0 Å². The maximum absolute atomic E-state index is 4.17. The van der Waals surface area contributed by atoms with Crippen molar-refractivity contribution in [2.45, 2.75) is 19.6 Å². The summed E-state index contributed by atoms with van der Waals surface area (Å²) in [6.45, 7) is 2.30. The summed E-state index contributed by atoms with van der Waals surface area (Å²) in [5.74, 6) is 0. The summed E-state index contributed by atoms with van der Waals surface area (Å²) in [7, 11) is 1.89. The van der Waals surface area contributed by atoms with Gasteiger partial charge >= 0.3 is 0 Å². The highest BCUT2D eigenvalue weighted by Gasteiger charge is 2.00. The molecule has 0 saturated heterocycles. The SMILES string of the molecule is CNCc1cn(CCn2cc(Br)cn2)nn1. The number of rotatable bonds is 5. The third-order valence-corrected chi connectivity index (χ3v) is 2.51. The molecule has 0 bridgehead atoms. The fourth-order valence-electron chi connectivity index (χ4n) is 1.38. The van der Waals surface area contributed by atoms with E-state index in [4.69, 9.17) is 0 Å². The number of aromatic nitrogens is 5. The molecule has 0 aliphatic heterocycles. The molecule has 0 aliphatic rings. The van der Waals surface area contributed by atoms with Gasteiger partial charge in [0.05, 0.1) is 29.5 Å². The number of hydrogen-bond donors (Lipinski definition) is 1. The van der Waals surface area contributed by atoms with E-state index in [9.17, 15) is 0 Å². The maximum Gasteiger partial charge on any atom is 0.0964 e. The Morgan fingerprint density at radius 2 is 2.12 bits per heavy atom. The molecule has 2 aromatic rings. The molecule has 2 rings (SSSR count). The van der Waals surface area contributed by atoms with Crippen LogP contribution < -0.4 is 5.32 Å². The lowest BCUT2D eigenvalue weighted by Crippen LogP contribution is -2.08. The summed E-state index contributed by atoms with van der Waals surface area (Å²) >= 11 is 3.36. The quantitative estimate of drug-likeness (QED) is 0.876. The Kier molecular flexibility index (Phi) is 3.68. The van der Waals surface area contributed by atoms with Gasteiger partial charge in [0.1, 0.15) is 0 Å². The van der Waals surface area contributed by atoms with Crippen molar-refractivity contribution in [1.29, 1.82) is 0 Å². The van der Waals surface area contributed by atoms with Crippen molar-refractivity contribution >= 4 is 15.9 Å². The second-order valence-electron chi connectivity index (χ2n) is 3.42. The highest BCUT2D eigenvalue weighted by molar-refractivity contribution is 9.10. The molecule has 0 fully saturated rings. The Labute approximate surface area is 102 Å². The highest BCUT2D eigenvalue weighted by Crippen LogP contribution is 2.06. The van der Waals surface area contributed by atoms with Gasteiger partial charge in [-0.3, -0.25) is 9.36 Å². The molecule has 0 aliphatic carbocycles. The van der Waals surface area contributed by atoms with Crippen molar-refractivity contribution in [2.24, 2.45) is 0 Å². The third kappa shape index (κ3) is 2.89. The zero-order chi connectivity index (χ0) is 11.4. The Bertz CT molecular complexity index is 448. The summed E-state index contributed by atoms with van der Waals surface area (Å²) in [6.07, 6.45) is 5.65. The van der Waals surface area contributed by atoms with Crippen molar-refractivity contribution in [3.05, 3.63) is 28.8 Å². The van der Waals surface area contributed by atoms with Crippen LogP contribution in [0.5, 0.6) is 0 Å². The Hall–Kier alpha value is -1.21. The largest absolute Gasteiger partial charge is 0.314 e. The minimum absolute atomic E-state index is 0.743. The molecular weight excluding hydrogens is 272 g/mol. The van der Waals surface area contributed by atoms with Crippen LogP contribution in [0.25, 0.3) is 0 Å². The van der Waals surface area contributed by atoms with E-state index in [-0.39, 0.29) is 0 Å². The summed E-state index contributed by atoms with van der Waals surface area (Å²) in [4.78, 5) is 0. The second-order valence-corrected chi connectivity index (χ2v) is 4.34. The first kappa shape index (κ1) is 11.3. The van der Waals surface area contributed by atoms with Crippen LogP contribution in [0.2, 0.25) is 0 Å². The van der Waals surface area contributed by atoms with Crippen LogP contribution >= 0.6 is 15.9 Å². The minimum Gasteiger partial charge on any atom is -0.314 e. The molecule has 6 nitrogen and oxygen atoms in total. The van der Waals surface area contributed by atoms with E-state index in [1.165, 1.54) is 0 Å². The Morgan fingerprint density at radius 3 is 2.81 bits per heavy atom. The number of aryl methyl sites for hydroxylation is 2. The molecule has 2 heterocycles. The van der Waals surface area contributed by atoms with Gasteiger partial charge in [0.25, 0.3) is 0 Å². The van der Waals surface area contributed by atoms with Crippen LogP contribution in [-0.2, 0) is 19.6 Å². The monoisotopic (exact) mass is 284 g/mol. The Morgan fingerprint density at radius 1 is 1.31 bits per heavy atom. The highest BCUT2D eigenvalue weighted by atomic mass is 79.9. The minimum atomic E-state index is 0.743. The normalized spacial score (nSPS) is 10.9. The van der Waals surface area contributed by atoms with Crippen molar-refractivity contribution in [2.75, 3.05) is 7.05 Å². The predicted octanol–water partition coefficient (Wildman–Crippen LogP) is 0.657. The van der Waals surface area contributed by atoms with Gasteiger partial charge < -0.3 is 5.32 Å². The van der Waals surface area contributed by atoms with E-state index in [0.29, 0.717) is 0 Å². The zero-order valence-electron chi connectivity index (χ0n) is 8.97. The van der Waals surface area contributed by atoms with Crippen molar-refractivity contribution < 1.29 is 0 Å². The van der Waals surface area contributed by atoms with Gasteiger partial charge in [-0.1, -0.05) is 5.21 Å². The molecule has 0 atom stereocenters. The maximum atomic E-state index is 4.17. The van der Waals surface area contributed by atoms with E-state index in [0.717, 1.165) is 29.8 Å². The molecule has 7 heteroatoms. The van der Waals surface area contributed by atoms with E-state index < -0.39 is 0 Å². The molecule has 1 N–H and O–H groups in total. The topological polar surface area (TPSA) is 60.6 Å². The second kappa shape index (κ2) is 5.22. The van der Waals surface area contributed by atoms with E-state index in [1.54, 1.807) is 6.20 Å².